The molecule has 0 radical (unpaired) electrons. The van der Waals surface area contributed by atoms with Gasteiger partial charge in [0.25, 0.3) is 0 Å². The smallest absolute Gasteiger partial charge is 0.222 e. The number of nitrogens with zero attached hydrogens (tertiary/aromatic N) is 1. The maximum atomic E-state index is 13.2. The fourth-order valence-electron chi connectivity index (χ4n) is 5.34. The summed E-state index contributed by atoms with van der Waals surface area (Å²) < 4.78 is 16.8. The van der Waals surface area contributed by atoms with Crippen molar-refractivity contribution in [2.75, 3.05) is 33.9 Å². The van der Waals surface area contributed by atoms with Gasteiger partial charge in [0.1, 0.15) is 5.75 Å². The summed E-state index contributed by atoms with van der Waals surface area (Å²) in [6.45, 7) is 4.18. The molecule has 2 atom stereocenters. The van der Waals surface area contributed by atoms with Crippen LogP contribution in [-0.2, 0) is 16.0 Å². The number of likely N-dealkylation sites (tertiary alicyclic amines) is 1. The molecule has 2 heterocycles. The molecule has 2 aliphatic rings. The number of rotatable bonds is 10. The highest BCUT2D eigenvalue weighted by molar-refractivity contribution is 5.80. The van der Waals surface area contributed by atoms with E-state index in [9.17, 15) is 9.59 Å². The number of carbonyl (C=O) groups excluding carboxylic acids is 2. The first-order valence-corrected chi connectivity index (χ1v) is 12.9. The molecule has 2 aromatic carbocycles. The van der Waals surface area contributed by atoms with E-state index < -0.39 is 5.54 Å². The third-order valence-electron chi connectivity index (χ3n) is 7.42. The van der Waals surface area contributed by atoms with Gasteiger partial charge in [-0.1, -0.05) is 23.8 Å². The Morgan fingerprint density at radius 2 is 1.89 bits per heavy atom. The summed E-state index contributed by atoms with van der Waals surface area (Å²) in [5.41, 5.74) is 1.84. The standard InChI is InChI=1S/C29H38N2O5/c1-21-6-9-24(10-7-21)36-20-23-5-4-16-31(19-23)28(33)13-15-29(14-12-27(32)30-29)18-22-8-11-25(34-2)26(17-22)35-3/h6-11,17,23H,4-5,12-16,18-20H2,1-3H3,(H,30,32)/t23-,29+/m1/s1. The van der Waals surface area contributed by atoms with Crippen molar-refractivity contribution in [2.45, 2.75) is 57.4 Å². The zero-order chi connectivity index (χ0) is 25.5. The molecule has 0 bridgehead atoms. The quantitative estimate of drug-likeness (QED) is 0.533. The highest BCUT2D eigenvalue weighted by Crippen LogP contribution is 2.34. The first kappa shape index (κ1) is 25.9. The van der Waals surface area contributed by atoms with E-state index in [0.717, 1.165) is 43.7 Å². The minimum absolute atomic E-state index is 0.0502. The Labute approximate surface area is 214 Å². The molecule has 2 amide bonds. The van der Waals surface area contributed by atoms with Crippen LogP contribution in [-0.4, -0.2) is 56.2 Å². The van der Waals surface area contributed by atoms with Gasteiger partial charge in [-0.15, -0.1) is 0 Å². The summed E-state index contributed by atoms with van der Waals surface area (Å²) in [6, 6.07) is 13.9. The van der Waals surface area contributed by atoms with Crippen molar-refractivity contribution in [3.05, 3.63) is 53.6 Å². The Hall–Kier alpha value is -3.22. The summed E-state index contributed by atoms with van der Waals surface area (Å²) >= 11 is 0. The average molecular weight is 495 g/mol. The molecule has 0 aliphatic carbocycles. The Balaban J connectivity index is 1.34. The maximum absolute atomic E-state index is 13.2. The largest absolute Gasteiger partial charge is 0.493 e. The Kier molecular flexibility index (Phi) is 8.39. The van der Waals surface area contributed by atoms with Crippen LogP contribution in [0.1, 0.15) is 49.7 Å². The third kappa shape index (κ3) is 6.50. The number of ether oxygens (including phenoxy) is 3. The van der Waals surface area contributed by atoms with Gasteiger partial charge in [-0.2, -0.15) is 0 Å². The molecule has 7 heteroatoms. The molecule has 194 valence electrons. The lowest BCUT2D eigenvalue weighted by atomic mass is 9.84. The molecule has 0 saturated carbocycles. The van der Waals surface area contributed by atoms with Gasteiger partial charge in [-0.25, -0.2) is 0 Å². The van der Waals surface area contributed by atoms with E-state index in [2.05, 4.69) is 12.2 Å². The second kappa shape index (κ2) is 11.7. The normalized spacial score (nSPS) is 21.7. The fourth-order valence-corrected chi connectivity index (χ4v) is 5.34. The Morgan fingerprint density at radius 3 is 2.58 bits per heavy atom. The molecule has 36 heavy (non-hydrogen) atoms. The number of hydrogen-bond acceptors (Lipinski definition) is 5. The van der Waals surface area contributed by atoms with E-state index in [1.807, 2.05) is 47.4 Å². The predicted molar refractivity (Wildman–Crippen MR) is 139 cm³/mol. The van der Waals surface area contributed by atoms with Gasteiger partial charge >= 0.3 is 0 Å². The molecule has 0 spiro atoms. The van der Waals surface area contributed by atoms with Crippen LogP contribution in [0.15, 0.2) is 42.5 Å². The van der Waals surface area contributed by atoms with Crippen molar-refractivity contribution in [3.63, 3.8) is 0 Å². The van der Waals surface area contributed by atoms with E-state index in [4.69, 9.17) is 14.2 Å². The van der Waals surface area contributed by atoms with E-state index in [1.165, 1.54) is 5.56 Å². The molecule has 0 aromatic heterocycles. The molecule has 2 saturated heterocycles. The zero-order valence-corrected chi connectivity index (χ0v) is 21.7. The van der Waals surface area contributed by atoms with E-state index in [-0.39, 0.29) is 11.8 Å². The number of methoxy groups -OCH3 is 2. The molecule has 7 nitrogen and oxygen atoms in total. The molecule has 1 N–H and O–H groups in total. The fraction of sp³-hybridized carbons (Fsp3) is 0.517. The summed E-state index contributed by atoms with van der Waals surface area (Å²) in [6.07, 6.45) is 4.95. The topological polar surface area (TPSA) is 77.1 Å². The molecule has 2 aliphatic heterocycles. The van der Waals surface area contributed by atoms with E-state index in [1.54, 1.807) is 14.2 Å². The lowest BCUT2D eigenvalue weighted by molar-refractivity contribution is -0.134. The zero-order valence-electron chi connectivity index (χ0n) is 21.7. The van der Waals surface area contributed by atoms with Gasteiger partial charge < -0.3 is 24.4 Å². The highest BCUT2D eigenvalue weighted by Gasteiger charge is 2.38. The minimum atomic E-state index is -0.421. The molecule has 2 aromatic rings. The van der Waals surface area contributed by atoms with Crippen molar-refractivity contribution in [2.24, 2.45) is 5.92 Å². The summed E-state index contributed by atoms with van der Waals surface area (Å²) in [5, 5.41) is 3.19. The highest BCUT2D eigenvalue weighted by atomic mass is 16.5. The first-order chi connectivity index (χ1) is 17.4. The van der Waals surface area contributed by atoms with Crippen LogP contribution in [0.2, 0.25) is 0 Å². The van der Waals surface area contributed by atoms with Gasteiger partial charge in [0, 0.05) is 37.4 Å². The van der Waals surface area contributed by atoms with Crippen molar-refractivity contribution in [3.8, 4) is 17.2 Å². The number of aryl methyl sites for hydroxylation is 1. The second-order valence-electron chi connectivity index (χ2n) is 10.2. The van der Waals surface area contributed by atoms with Gasteiger partial charge in [0.05, 0.1) is 20.8 Å². The van der Waals surface area contributed by atoms with Crippen LogP contribution in [0.25, 0.3) is 0 Å². The monoisotopic (exact) mass is 494 g/mol. The van der Waals surface area contributed by atoms with Crippen LogP contribution in [0.3, 0.4) is 0 Å². The number of carbonyl (C=O) groups is 2. The molecule has 4 rings (SSSR count). The third-order valence-corrected chi connectivity index (χ3v) is 7.42. The van der Waals surface area contributed by atoms with Crippen molar-refractivity contribution in [1.29, 1.82) is 0 Å². The number of nitrogens with one attached hydrogen (secondary N) is 1. The summed E-state index contributed by atoms with van der Waals surface area (Å²) in [7, 11) is 3.23. The van der Waals surface area contributed by atoms with Crippen LogP contribution in [0, 0.1) is 12.8 Å². The lowest BCUT2D eigenvalue weighted by Crippen LogP contribution is -2.46. The van der Waals surface area contributed by atoms with Crippen LogP contribution in [0.5, 0.6) is 17.2 Å². The minimum Gasteiger partial charge on any atom is -0.493 e. The van der Waals surface area contributed by atoms with Gasteiger partial charge in [0.15, 0.2) is 11.5 Å². The molecule has 0 unspecified atom stereocenters. The van der Waals surface area contributed by atoms with Crippen LogP contribution < -0.4 is 19.5 Å². The van der Waals surface area contributed by atoms with Crippen molar-refractivity contribution >= 4 is 11.8 Å². The number of piperidine rings is 1. The van der Waals surface area contributed by atoms with Gasteiger partial charge in [-0.3, -0.25) is 9.59 Å². The summed E-state index contributed by atoms with van der Waals surface area (Å²) in [5.74, 6) is 2.75. The SMILES string of the molecule is COc1ccc(C[C@@]2(CCC(=O)N3CCC[C@@H](COc4ccc(C)cc4)C3)CCC(=O)N2)cc1OC. The van der Waals surface area contributed by atoms with E-state index in [0.29, 0.717) is 49.7 Å². The number of benzene rings is 2. The summed E-state index contributed by atoms with van der Waals surface area (Å²) in [4.78, 5) is 27.4. The molecular weight excluding hydrogens is 456 g/mol. The number of hydrogen-bond donors (Lipinski definition) is 1. The van der Waals surface area contributed by atoms with Crippen LogP contribution >= 0.6 is 0 Å². The van der Waals surface area contributed by atoms with Gasteiger partial charge in [0.2, 0.25) is 11.8 Å². The first-order valence-electron chi connectivity index (χ1n) is 12.9. The lowest BCUT2D eigenvalue weighted by Gasteiger charge is -2.34. The second-order valence-corrected chi connectivity index (χ2v) is 10.2. The van der Waals surface area contributed by atoms with Gasteiger partial charge in [-0.05, 0) is 68.9 Å². The maximum Gasteiger partial charge on any atom is 0.222 e. The van der Waals surface area contributed by atoms with Crippen molar-refractivity contribution < 1.29 is 23.8 Å². The predicted octanol–water partition coefficient (Wildman–Crippen LogP) is 4.30. The Morgan fingerprint density at radius 1 is 1.11 bits per heavy atom. The van der Waals surface area contributed by atoms with Crippen molar-refractivity contribution in [1.82, 2.24) is 10.2 Å². The van der Waals surface area contributed by atoms with E-state index >= 15 is 0 Å². The van der Waals surface area contributed by atoms with Crippen LogP contribution in [0.4, 0.5) is 0 Å². The Bertz CT molecular complexity index is 1050. The molecule has 2 fully saturated rings. The molecular formula is C29H38N2O5. The number of amides is 2. The average Bonchev–Trinajstić information content (AvgIpc) is 3.27.